The number of esters is 1. The summed E-state index contributed by atoms with van der Waals surface area (Å²) < 4.78 is 42.6. The van der Waals surface area contributed by atoms with Crippen LogP contribution in [0.2, 0.25) is 0 Å². The number of halogens is 3. The van der Waals surface area contributed by atoms with Crippen LogP contribution in [0.4, 0.5) is 30.2 Å². The number of nitrogen functional groups attached to an aromatic ring is 1. The number of carbonyl (C=O) groups excluding carboxylic acids is 2. The molecule has 0 atom stereocenters. The summed E-state index contributed by atoms with van der Waals surface area (Å²) in [6.07, 6.45) is -4.62. The fourth-order valence-corrected chi connectivity index (χ4v) is 2.18. The number of nitrogens with zero attached hydrogens (tertiary/aromatic N) is 1. The molecule has 0 aliphatic carbocycles. The molecule has 0 heterocycles. The predicted octanol–water partition coefficient (Wildman–Crippen LogP) is 3.30. The average Bonchev–Trinajstić information content (AvgIpc) is 2.60. The number of ether oxygens (including phenoxy) is 1. The second-order valence-electron chi connectivity index (χ2n) is 5.68. The Balaban J connectivity index is 2.02. The molecule has 3 N–H and O–H groups in total. The van der Waals surface area contributed by atoms with E-state index in [2.05, 4.69) is 5.32 Å². The molecule has 28 heavy (non-hydrogen) atoms. The minimum Gasteiger partial charge on any atom is -0.452 e. The third-order valence-electron chi connectivity index (χ3n) is 3.64. The van der Waals surface area contributed by atoms with Crippen LogP contribution in [0.5, 0.6) is 0 Å². The number of nitrogens with two attached hydrogens (primary N) is 1. The summed E-state index contributed by atoms with van der Waals surface area (Å²) in [7, 11) is 0. The molecule has 0 saturated heterocycles. The number of nitro groups is 1. The first-order valence-corrected chi connectivity index (χ1v) is 7.68. The largest absolute Gasteiger partial charge is 0.452 e. The van der Waals surface area contributed by atoms with Crippen LogP contribution < -0.4 is 11.1 Å². The second kappa shape index (κ2) is 7.94. The molecule has 2 aromatic carbocycles. The summed E-state index contributed by atoms with van der Waals surface area (Å²) >= 11 is 0. The molecule has 0 radical (unpaired) electrons. The number of benzene rings is 2. The van der Waals surface area contributed by atoms with Crippen molar-refractivity contribution in [3.8, 4) is 0 Å². The smallest absolute Gasteiger partial charge is 0.416 e. The quantitative estimate of drug-likeness (QED) is 0.345. The van der Waals surface area contributed by atoms with Crippen LogP contribution >= 0.6 is 0 Å². The van der Waals surface area contributed by atoms with Gasteiger partial charge in [0.1, 0.15) is 0 Å². The van der Waals surface area contributed by atoms with Gasteiger partial charge >= 0.3 is 12.1 Å². The maximum atomic E-state index is 12.6. The first kappa shape index (κ1) is 20.7. The van der Waals surface area contributed by atoms with Gasteiger partial charge in [-0.1, -0.05) is 6.07 Å². The number of alkyl halides is 3. The highest BCUT2D eigenvalue weighted by Gasteiger charge is 2.31. The van der Waals surface area contributed by atoms with E-state index < -0.39 is 40.8 Å². The van der Waals surface area contributed by atoms with E-state index in [1.807, 2.05) is 0 Å². The molecule has 0 unspecified atom stereocenters. The zero-order chi connectivity index (χ0) is 21.1. The number of carbonyl (C=O) groups is 2. The number of anilines is 2. The van der Waals surface area contributed by atoms with Gasteiger partial charge in [0.25, 0.3) is 11.6 Å². The fraction of sp³-hybridized carbons (Fsp3) is 0.176. The Morgan fingerprint density at radius 1 is 1.21 bits per heavy atom. The summed E-state index contributed by atoms with van der Waals surface area (Å²) in [4.78, 5) is 34.0. The van der Waals surface area contributed by atoms with E-state index in [1.165, 1.54) is 12.1 Å². The van der Waals surface area contributed by atoms with Crippen LogP contribution in [0.15, 0.2) is 36.4 Å². The molecule has 0 aromatic heterocycles. The highest BCUT2D eigenvalue weighted by Crippen LogP contribution is 2.31. The van der Waals surface area contributed by atoms with Crippen molar-refractivity contribution in [2.45, 2.75) is 13.1 Å². The molecule has 1 amide bonds. The van der Waals surface area contributed by atoms with Crippen molar-refractivity contribution < 1.29 is 32.4 Å². The van der Waals surface area contributed by atoms with Crippen molar-refractivity contribution in [1.82, 2.24) is 0 Å². The number of nitrogens with one attached hydrogen (secondary N) is 1. The van der Waals surface area contributed by atoms with E-state index in [4.69, 9.17) is 10.5 Å². The van der Waals surface area contributed by atoms with Crippen LogP contribution in [0, 0.1) is 17.0 Å². The summed E-state index contributed by atoms with van der Waals surface area (Å²) in [5, 5.41) is 13.1. The Morgan fingerprint density at radius 3 is 2.46 bits per heavy atom. The van der Waals surface area contributed by atoms with Gasteiger partial charge in [-0.15, -0.1) is 0 Å². The molecule has 8 nitrogen and oxygen atoms in total. The normalized spacial score (nSPS) is 11.0. The van der Waals surface area contributed by atoms with Crippen LogP contribution in [-0.2, 0) is 15.7 Å². The minimum absolute atomic E-state index is 0.157. The van der Waals surface area contributed by atoms with Gasteiger partial charge in [-0.25, -0.2) is 4.79 Å². The van der Waals surface area contributed by atoms with Crippen molar-refractivity contribution in [3.63, 3.8) is 0 Å². The molecular weight excluding hydrogens is 383 g/mol. The van der Waals surface area contributed by atoms with E-state index >= 15 is 0 Å². The van der Waals surface area contributed by atoms with E-state index in [9.17, 15) is 32.9 Å². The topological polar surface area (TPSA) is 125 Å². The molecule has 0 saturated carbocycles. The van der Waals surface area contributed by atoms with Crippen LogP contribution in [-0.4, -0.2) is 23.4 Å². The van der Waals surface area contributed by atoms with Crippen LogP contribution in [0.1, 0.15) is 21.5 Å². The molecule has 2 rings (SSSR count). The predicted molar refractivity (Wildman–Crippen MR) is 92.6 cm³/mol. The lowest BCUT2D eigenvalue weighted by atomic mass is 10.1. The van der Waals surface area contributed by atoms with Crippen molar-refractivity contribution >= 4 is 28.9 Å². The standard InChI is InChI=1S/C17H14F3N3O5/c1-9-2-4-11(23(26)27)7-14(9)22-15(24)8-28-16(25)12-5-3-10(6-13(12)21)17(18,19)20/h2-7H,8,21H2,1H3,(H,22,24). The molecule has 0 aliphatic heterocycles. The maximum absolute atomic E-state index is 12.6. The van der Waals surface area contributed by atoms with Gasteiger partial charge in [-0.3, -0.25) is 14.9 Å². The molecule has 0 bridgehead atoms. The summed E-state index contributed by atoms with van der Waals surface area (Å²) in [6.45, 7) is 0.843. The number of hydrogen-bond acceptors (Lipinski definition) is 6. The molecule has 2 aromatic rings. The van der Waals surface area contributed by atoms with Gasteiger partial charge in [0.15, 0.2) is 6.61 Å². The first-order valence-electron chi connectivity index (χ1n) is 7.68. The van der Waals surface area contributed by atoms with Crippen LogP contribution in [0.25, 0.3) is 0 Å². The van der Waals surface area contributed by atoms with E-state index in [-0.39, 0.29) is 16.9 Å². The highest BCUT2D eigenvalue weighted by atomic mass is 19.4. The lowest BCUT2D eigenvalue weighted by Crippen LogP contribution is -2.22. The first-order chi connectivity index (χ1) is 13.0. The molecule has 0 spiro atoms. The average molecular weight is 397 g/mol. The summed E-state index contributed by atoms with van der Waals surface area (Å²) in [6, 6.07) is 5.94. The maximum Gasteiger partial charge on any atom is 0.416 e. The molecule has 0 fully saturated rings. The number of amides is 1. The Labute approximate surface area is 156 Å². The number of rotatable bonds is 5. The van der Waals surface area contributed by atoms with Gasteiger partial charge in [-0.05, 0) is 30.7 Å². The van der Waals surface area contributed by atoms with Crippen LogP contribution in [0.3, 0.4) is 0 Å². The van der Waals surface area contributed by atoms with E-state index in [1.54, 1.807) is 6.92 Å². The lowest BCUT2D eigenvalue weighted by Gasteiger charge is -2.11. The SMILES string of the molecule is Cc1ccc([N+](=O)[O-])cc1NC(=O)COC(=O)c1ccc(C(F)(F)F)cc1N. The number of aryl methyl sites for hydroxylation is 1. The Hall–Kier alpha value is -3.63. The van der Waals surface area contributed by atoms with Gasteiger partial charge in [0, 0.05) is 17.8 Å². The van der Waals surface area contributed by atoms with E-state index in [0.717, 1.165) is 12.1 Å². The summed E-state index contributed by atoms with van der Waals surface area (Å²) in [5.74, 6) is -1.88. The van der Waals surface area contributed by atoms with E-state index in [0.29, 0.717) is 17.7 Å². The third kappa shape index (κ3) is 4.96. The summed E-state index contributed by atoms with van der Waals surface area (Å²) in [5.41, 5.74) is 4.10. The van der Waals surface area contributed by atoms with Gasteiger partial charge < -0.3 is 15.8 Å². The second-order valence-corrected chi connectivity index (χ2v) is 5.68. The number of hydrogen-bond donors (Lipinski definition) is 2. The van der Waals surface area contributed by atoms with Gasteiger partial charge in [0.2, 0.25) is 0 Å². The molecule has 0 aliphatic rings. The zero-order valence-corrected chi connectivity index (χ0v) is 14.4. The molecular formula is C17H14F3N3O5. The Bertz CT molecular complexity index is 944. The fourth-order valence-electron chi connectivity index (χ4n) is 2.18. The number of nitro benzene ring substituents is 1. The van der Waals surface area contributed by atoms with Gasteiger partial charge in [-0.2, -0.15) is 13.2 Å². The minimum atomic E-state index is -4.62. The van der Waals surface area contributed by atoms with Crippen molar-refractivity contribution in [2.75, 3.05) is 17.7 Å². The van der Waals surface area contributed by atoms with Gasteiger partial charge in [0.05, 0.1) is 21.7 Å². The van der Waals surface area contributed by atoms with Crippen molar-refractivity contribution in [2.24, 2.45) is 0 Å². The molecule has 148 valence electrons. The third-order valence-corrected chi connectivity index (χ3v) is 3.64. The Kier molecular flexibility index (Phi) is 5.87. The highest BCUT2D eigenvalue weighted by molar-refractivity contribution is 5.98. The molecule has 11 heteroatoms. The monoisotopic (exact) mass is 397 g/mol. The van der Waals surface area contributed by atoms with Crippen molar-refractivity contribution in [1.29, 1.82) is 0 Å². The zero-order valence-electron chi connectivity index (χ0n) is 14.4. The lowest BCUT2D eigenvalue weighted by molar-refractivity contribution is -0.384. The van der Waals surface area contributed by atoms with Crippen molar-refractivity contribution in [3.05, 3.63) is 63.2 Å². The number of non-ortho nitro benzene ring substituents is 1. The Morgan fingerprint density at radius 2 is 1.89 bits per heavy atom.